The SMILES string of the molecule is CC[SiH](CC)Oc1ccc2c(c1)C(=N)NC2=N. The first-order chi connectivity index (χ1) is 8.15. The number of hydrogen-bond acceptors (Lipinski definition) is 3. The third-order valence-electron chi connectivity index (χ3n) is 2.99. The molecule has 1 heterocycles. The third kappa shape index (κ3) is 2.24. The average Bonchev–Trinajstić information content (AvgIpc) is 2.62. The van der Waals surface area contributed by atoms with Crippen LogP contribution < -0.4 is 9.74 Å². The molecule has 0 unspecified atom stereocenters. The van der Waals surface area contributed by atoms with Crippen molar-refractivity contribution in [2.24, 2.45) is 0 Å². The van der Waals surface area contributed by atoms with E-state index in [-0.39, 0.29) is 0 Å². The number of amidine groups is 2. The fraction of sp³-hybridized carbons (Fsp3) is 0.333. The lowest BCUT2D eigenvalue weighted by Gasteiger charge is -2.14. The van der Waals surface area contributed by atoms with Crippen molar-refractivity contribution >= 4 is 20.7 Å². The molecular formula is C12H17N3OSi. The summed E-state index contributed by atoms with van der Waals surface area (Å²) >= 11 is 0. The topological polar surface area (TPSA) is 69.0 Å². The Morgan fingerprint density at radius 1 is 1.12 bits per heavy atom. The Labute approximate surface area is 103 Å². The van der Waals surface area contributed by atoms with Crippen molar-refractivity contribution in [2.75, 3.05) is 0 Å². The van der Waals surface area contributed by atoms with E-state index in [0.29, 0.717) is 11.7 Å². The van der Waals surface area contributed by atoms with Crippen molar-refractivity contribution in [3.05, 3.63) is 29.3 Å². The summed E-state index contributed by atoms with van der Waals surface area (Å²) in [4.78, 5) is 0. The van der Waals surface area contributed by atoms with Crippen molar-refractivity contribution in [2.45, 2.75) is 25.9 Å². The van der Waals surface area contributed by atoms with Crippen molar-refractivity contribution in [3.63, 3.8) is 0 Å². The van der Waals surface area contributed by atoms with E-state index in [1.165, 1.54) is 0 Å². The first-order valence-corrected chi connectivity index (χ1v) is 8.01. The smallest absolute Gasteiger partial charge is 0.234 e. The van der Waals surface area contributed by atoms with Gasteiger partial charge in [0.05, 0.1) is 0 Å². The Balaban J connectivity index is 2.25. The maximum atomic E-state index is 7.73. The minimum Gasteiger partial charge on any atom is -0.546 e. The van der Waals surface area contributed by atoms with E-state index in [4.69, 9.17) is 15.2 Å². The Bertz CT molecular complexity index is 469. The summed E-state index contributed by atoms with van der Waals surface area (Å²) in [5, 5.41) is 18.1. The fourth-order valence-corrected chi connectivity index (χ4v) is 3.37. The molecule has 0 bridgehead atoms. The van der Waals surface area contributed by atoms with Crippen molar-refractivity contribution in [1.82, 2.24) is 5.32 Å². The molecule has 1 aliphatic rings. The molecular weight excluding hydrogens is 230 g/mol. The van der Waals surface area contributed by atoms with Gasteiger partial charge in [0.1, 0.15) is 17.4 Å². The molecule has 17 heavy (non-hydrogen) atoms. The fourth-order valence-electron chi connectivity index (χ4n) is 1.93. The van der Waals surface area contributed by atoms with Crippen LogP contribution in [0.25, 0.3) is 0 Å². The second kappa shape index (κ2) is 4.71. The van der Waals surface area contributed by atoms with Crippen LogP contribution in [-0.4, -0.2) is 20.7 Å². The molecule has 3 N–H and O–H groups in total. The van der Waals surface area contributed by atoms with Gasteiger partial charge in [-0.1, -0.05) is 13.8 Å². The predicted octanol–water partition coefficient (Wildman–Crippen LogP) is 2.08. The second-order valence-electron chi connectivity index (χ2n) is 4.14. The molecule has 4 nitrogen and oxygen atoms in total. The summed E-state index contributed by atoms with van der Waals surface area (Å²) < 4.78 is 5.97. The maximum absolute atomic E-state index is 7.73. The largest absolute Gasteiger partial charge is 0.546 e. The Kier molecular flexibility index (Phi) is 3.28. The first-order valence-electron chi connectivity index (χ1n) is 5.91. The van der Waals surface area contributed by atoms with Gasteiger partial charge in [-0.3, -0.25) is 10.8 Å². The summed E-state index contributed by atoms with van der Waals surface area (Å²) in [6.07, 6.45) is 0. The van der Waals surface area contributed by atoms with Gasteiger partial charge in [-0.25, -0.2) is 0 Å². The third-order valence-corrected chi connectivity index (χ3v) is 5.42. The molecule has 0 amide bonds. The molecule has 0 saturated carbocycles. The highest BCUT2D eigenvalue weighted by atomic mass is 28.3. The van der Waals surface area contributed by atoms with Gasteiger partial charge in [0.25, 0.3) is 0 Å². The number of hydrogen-bond donors (Lipinski definition) is 3. The van der Waals surface area contributed by atoms with Crippen LogP contribution in [0.5, 0.6) is 5.75 Å². The van der Waals surface area contributed by atoms with Crippen LogP contribution in [0.4, 0.5) is 0 Å². The van der Waals surface area contributed by atoms with Crippen molar-refractivity contribution in [1.29, 1.82) is 10.8 Å². The first kappa shape index (κ1) is 11.9. The lowest BCUT2D eigenvalue weighted by Crippen LogP contribution is -2.20. The molecule has 90 valence electrons. The molecule has 5 heteroatoms. The molecule has 0 radical (unpaired) electrons. The van der Waals surface area contributed by atoms with Crippen LogP contribution in [-0.2, 0) is 0 Å². The van der Waals surface area contributed by atoms with Gasteiger partial charge in [0, 0.05) is 11.1 Å². The zero-order valence-electron chi connectivity index (χ0n) is 10.1. The van der Waals surface area contributed by atoms with Crippen molar-refractivity contribution < 1.29 is 4.43 Å². The van der Waals surface area contributed by atoms with Crippen LogP contribution in [0, 0.1) is 10.8 Å². The molecule has 0 atom stereocenters. The van der Waals surface area contributed by atoms with E-state index in [2.05, 4.69) is 19.2 Å². The highest BCUT2D eigenvalue weighted by Gasteiger charge is 2.21. The van der Waals surface area contributed by atoms with Crippen LogP contribution in [0.2, 0.25) is 12.1 Å². The van der Waals surface area contributed by atoms with Crippen LogP contribution >= 0.6 is 0 Å². The zero-order chi connectivity index (χ0) is 12.4. The minimum absolute atomic E-state index is 0.293. The Morgan fingerprint density at radius 2 is 1.76 bits per heavy atom. The molecule has 1 aliphatic heterocycles. The second-order valence-corrected chi connectivity index (χ2v) is 7.25. The molecule has 0 aliphatic carbocycles. The molecule has 1 aromatic rings. The number of rotatable bonds is 4. The Hall–Kier alpha value is -1.62. The highest BCUT2D eigenvalue weighted by molar-refractivity contribution is 6.52. The summed E-state index contributed by atoms with van der Waals surface area (Å²) in [5.74, 6) is 1.43. The minimum atomic E-state index is -1.13. The molecule has 1 aromatic carbocycles. The predicted molar refractivity (Wildman–Crippen MR) is 72.0 cm³/mol. The Morgan fingerprint density at radius 3 is 2.41 bits per heavy atom. The van der Waals surface area contributed by atoms with E-state index in [1.54, 1.807) is 0 Å². The number of nitrogens with one attached hydrogen (secondary N) is 3. The van der Waals surface area contributed by atoms with Gasteiger partial charge in [-0.2, -0.15) is 0 Å². The lowest BCUT2D eigenvalue weighted by molar-refractivity contribution is 0.566. The van der Waals surface area contributed by atoms with Crippen LogP contribution in [0.3, 0.4) is 0 Å². The normalized spacial score (nSPS) is 13.8. The molecule has 0 saturated heterocycles. The summed E-state index contributed by atoms with van der Waals surface area (Å²) in [6.45, 7) is 4.32. The standard InChI is InChI=1S/C12H17N3OSi/c1-3-17(4-2)16-8-5-6-9-10(7-8)12(14)15-11(9)13/h5-7,17H,3-4H2,1-2H3,(H3,13,14,15). The molecule has 0 fully saturated rings. The zero-order valence-corrected chi connectivity index (χ0v) is 11.3. The highest BCUT2D eigenvalue weighted by Crippen LogP contribution is 2.22. The average molecular weight is 247 g/mol. The lowest BCUT2D eigenvalue weighted by atomic mass is 10.1. The summed E-state index contributed by atoms with van der Waals surface area (Å²) in [7, 11) is -1.13. The van der Waals surface area contributed by atoms with Gasteiger partial charge < -0.3 is 9.74 Å². The van der Waals surface area contributed by atoms with Gasteiger partial charge in [-0.15, -0.1) is 0 Å². The van der Waals surface area contributed by atoms with Gasteiger partial charge in [0.15, 0.2) is 0 Å². The van der Waals surface area contributed by atoms with Gasteiger partial charge >= 0.3 is 0 Å². The van der Waals surface area contributed by atoms with E-state index in [0.717, 1.165) is 29.0 Å². The van der Waals surface area contributed by atoms with E-state index >= 15 is 0 Å². The summed E-state index contributed by atoms with van der Waals surface area (Å²) in [6, 6.07) is 7.85. The molecule has 0 spiro atoms. The quantitative estimate of drug-likeness (QED) is 0.713. The van der Waals surface area contributed by atoms with E-state index in [1.807, 2.05) is 18.2 Å². The van der Waals surface area contributed by atoms with Crippen LogP contribution in [0.1, 0.15) is 25.0 Å². The number of benzene rings is 1. The monoisotopic (exact) mass is 247 g/mol. The van der Waals surface area contributed by atoms with E-state index in [9.17, 15) is 0 Å². The molecule has 0 aromatic heterocycles. The molecule has 2 rings (SSSR count). The number of fused-ring (bicyclic) bond motifs is 1. The summed E-state index contributed by atoms with van der Waals surface area (Å²) in [5.41, 5.74) is 1.56. The van der Waals surface area contributed by atoms with E-state index < -0.39 is 9.04 Å². The van der Waals surface area contributed by atoms with Crippen LogP contribution in [0.15, 0.2) is 18.2 Å². The maximum Gasteiger partial charge on any atom is 0.234 e. The van der Waals surface area contributed by atoms with Crippen molar-refractivity contribution in [3.8, 4) is 5.75 Å². The van der Waals surface area contributed by atoms with Gasteiger partial charge in [0.2, 0.25) is 9.04 Å². The van der Waals surface area contributed by atoms with Gasteiger partial charge in [-0.05, 0) is 30.3 Å².